The average molecular weight is 352 g/mol. The Labute approximate surface area is 120 Å². The number of aliphatic carboxylic acids is 1. The Morgan fingerprint density at radius 1 is 1.41 bits per heavy atom. The third-order valence-electron chi connectivity index (χ3n) is 3.07. The Morgan fingerprint density at radius 2 is 2.18 bits per heavy atom. The van der Waals surface area contributed by atoms with Gasteiger partial charge < -0.3 is 15.7 Å². The molecule has 2 heterocycles. The zero-order chi connectivity index (χ0) is 11.5. The number of carbonyl (C=O) groups excluding carboxylic acids is 1. The minimum Gasteiger partial charge on any atom is -0.481 e. The van der Waals surface area contributed by atoms with Crippen molar-refractivity contribution >= 4 is 23.8 Å². The number of unbranched alkanes of at least 4 members (excludes halogenated alkanes) is 1. The summed E-state index contributed by atoms with van der Waals surface area (Å²) in [4.78, 5) is 21.5. The van der Waals surface area contributed by atoms with Crippen LogP contribution >= 0.6 is 11.8 Å². The van der Waals surface area contributed by atoms with E-state index in [1.807, 2.05) is 11.8 Å². The summed E-state index contributed by atoms with van der Waals surface area (Å²) >= 11 is 1.87. The van der Waals surface area contributed by atoms with Crippen LogP contribution in [-0.2, 0) is 27.2 Å². The molecule has 0 aromatic rings. The second-order valence-electron chi connectivity index (χ2n) is 4.26. The van der Waals surface area contributed by atoms with Gasteiger partial charge >= 0.3 is 34.4 Å². The number of hydrogen-bond donors (Lipinski definition) is 3. The molecule has 0 bridgehead atoms. The molecule has 0 saturated carbocycles. The number of carbonyl (C=O) groups is 2. The molecule has 2 saturated heterocycles. The smallest absolute Gasteiger partial charge is 0.481 e. The molecule has 100 valence electrons. The van der Waals surface area contributed by atoms with Crippen molar-refractivity contribution in [1.29, 1.82) is 0 Å². The average Bonchev–Trinajstić information content (AvgIpc) is 2.72. The van der Waals surface area contributed by atoms with E-state index in [9.17, 15) is 9.59 Å². The summed E-state index contributed by atoms with van der Waals surface area (Å²) < 4.78 is 0. The van der Waals surface area contributed by atoms with Gasteiger partial charge in [-0.05, 0) is 12.8 Å². The SMILES string of the molecule is O=C(O)CCCC[C@@H]1SC[C@@H]2NC(=O)N[C@@H]21.[Ag+]. The maximum absolute atomic E-state index is 11.1. The van der Waals surface area contributed by atoms with Crippen LogP contribution in [0.25, 0.3) is 0 Å². The molecule has 2 amide bonds. The minimum atomic E-state index is -0.729. The van der Waals surface area contributed by atoms with Gasteiger partial charge in [-0.15, -0.1) is 0 Å². The number of rotatable bonds is 5. The van der Waals surface area contributed by atoms with E-state index in [4.69, 9.17) is 5.11 Å². The van der Waals surface area contributed by atoms with Crippen LogP contribution in [0, 0.1) is 0 Å². The fourth-order valence-corrected chi connectivity index (χ4v) is 3.81. The second-order valence-corrected chi connectivity index (χ2v) is 5.53. The van der Waals surface area contributed by atoms with Crippen LogP contribution < -0.4 is 10.6 Å². The third-order valence-corrected chi connectivity index (χ3v) is 4.58. The van der Waals surface area contributed by atoms with Gasteiger partial charge in [-0.1, -0.05) is 6.42 Å². The van der Waals surface area contributed by atoms with E-state index < -0.39 is 5.97 Å². The molecular formula is C10H16AgN2O3S+. The van der Waals surface area contributed by atoms with Crippen molar-refractivity contribution in [1.82, 2.24) is 10.6 Å². The molecule has 2 fully saturated rings. The van der Waals surface area contributed by atoms with E-state index in [0.717, 1.165) is 25.0 Å². The Bertz CT molecular complexity index is 303. The van der Waals surface area contributed by atoms with Gasteiger partial charge in [0, 0.05) is 17.4 Å². The quantitative estimate of drug-likeness (QED) is 0.389. The minimum absolute atomic E-state index is 0. The van der Waals surface area contributed by atoms with Gasteiger partial charge in [-0.3, -0.25) is 4.79 Å². The van der Waals surface area contributed by atoms with Crippen LogP contribution in [-0.4, -0.2) is 40.2 Å². The largest absolute Gasteiger partial charge is 1.00 e. The first-order valence-electron chi connectivity index (χ1n) is 5.57. The van der Waals surface area contributed by atoms with Crippen molar-refractivity contribution in [2.45, 2.75) is 43.0 Å². The molecule has 3 N–H and O–H groups in total. The van der Waals surface area contributed by atoms with Crippen molar-refractivity contribution in [3.8, 4) is 0 Å². The Kier molecular flexibility index (Phi) is 5.85. The van der Waals surface area contributed by atoms with Crippen LogP contribution in [0.15, 0.2) is 0 Å². The molecule has 0 aliphatic carbocycles. The molecule has 0 aromatic carbocycles. The van der Waals surface area contributed by atoms with Crippen molar-refractivity contribution in [2.75, 3.05) is 5.75 Å². The first-order valence-corrected chi connectivity index (χ1v) is 6.62. The Hall–Kier alpha value is -0.170. The van der Waals surface area contributed by atoms with Crippen molar-refractivity contribution in [3.63, 3.8) is 0 Å². The molecule has 5 nitrogen and oxygen atoms in total. The van der Waals surface area contributed by atoms with Crippen molar-refractivity contribution < 1.29 is 37.1 Å². The molecule has 2 aliphatic rings. The van der Waals surface area contributed by atoms with Crippen molar-refractivity contribution in [3.05, 3.63) is 0 Å². The number of nitrogens with one attached hydrogen (secondary N) is 2. The van der Waals surface area contributed by atoms with Gasteiger partial charge in [-0.2, -0.15) is 11.8 Å². The normalized spacial score (nSPS) is 30.1. The number of urea groups is 1. The number of amides is 2. The van der Waals surface area contributed by atoms with Crippen LogP contribution in [0.3, 0.4) is 0 Å². The monoisotopic (exact) mass is 351 g/mol. The van der Waals surface area contributed by atoms with Crippen LogP contribution in [0.5, 0.6) is 0 Å². The molecule has 0 spiro atoms. The molecule has 17 heavy (non-hydrogen) atoms. The predicted octanol–water partition coefficient (Wildman–Crippen LogP) is 0.794. The number of hydrogen-bond acceptors (Lipinski definition) is 3. The molecule has 2 aliphatic heterocycles. The first kappa shape index (κ1) is 14.9. The van der Waals surface area contributed by atoms with E-state index in [1.165, 1.54) is 0 Å². The van der Waals surface area contributed by atoms with E-state index >= 15 is 0 Å². The maximum atomic E-state index is 11.1. The fraction of sp³-hybridized carbons (Fsp3) is 0.800. The molecule has 0 aromatic heterocycles. The summed E-state index contributed by atoms with van der Waals surface area (Å²) in [6.07, 6.45) is 2.88. The zero-order valence-electron chi connectivity index (χ0n) is 9.24. The summed E-state index contributed by atoms with van der Waals surface area (Å²) in [6.45, 7) is 0. The van der Waals surface area contributed by atoms with Gasteiger partial charge in [0.1, 0.15) is 0 Å². The number of thioether (sulfide) groups is 1. The fourth-order valence-electron chi connectivity index (χ4n) is 2.26. The van der Waals surface area contributed by atoms with Crippen molar-refractivity contribution in [2.24, 2.45) is 0 Å². The standard InChI is InChI=1S/C10H16N2O3S.Ag/c13-8(14)4-2-1-3-7-9-6(5-16-7)11-10(15)12-9;/h6-7,9H,1-5H2,(H,13,14)(H2,11,12,15);/q;+1/t6-,7-,9-;/m0./s1. The van der Waals surface area contributed by atoms with Crippen LogP contribution in [0.1, 0.15) is 25.7 Å². The molecule has 3 atom stereocenters. The summed E-state index contributed by atoms with van der Waals surface area (Å²) in [5.41, 5.74) is 0. The van der Waals surface area contributed by atoms with Gasteiger partial charge in [-0.25, -0.2) is 4.79 Å². The second kappa shape index (κ2) is 6.68. The van der Waals surface area contributed by atoms with Crippen LogP contribution in [0.2, 0.25) is 0 Å². The summed E-state index contributed by atoms with van der Waals surface area (Å²) in [5.74, 6) is 0.236. The Balaban J connectivity index is 0.00000144. The van der Waals surface area contributed by atoms with E-state index in [-0.39, 0.29) is 46.9 Å². The molecular weight excluding hydrogens is 336 g/mol. The van der Waals surface area contributed by atoms with E-state index in [1.54, 1.807) is 0 Å². The van der Waals surface area contributed by atoms with Gasteiger partial charge in [0.25, 0.3) is 0 Å². The third kappa shape index (κ3) is 3.91. The number of fused-ring (bicyclic) bond motifs is 1. The summed E-state index contributed by atoms with van der Waals surface area (Å²) in [5, 5.41) is 14.8. The van der Waals surface area contributed by atoms with E-state index in [2.05, 4.69) is 10.6 Å². The van der Waals surface area contributed by atoms with Gasteiger partial charge in [0.15, 0.2) is 0 Å². The Morgan fingerprint density at radius 3 is 2.88 bits per heavy atom. The van der Waals surface area contributed by atoms with E-state index in [0.29, 0.717) is 5.25 Å². The van der Waals surface area contributed by atoms with Gasteiger partial charge in [0.05, 0.1) is 12.1 Å². The summed E-state index contributed by atoms with van der Waals surface area (Å²) in [7, 11) is 0. The topological polar surface area (TPSA) is 78.4 Å². The predicted molar refractivity (Wildman–Crippen MR) is 61.6 cm³/mol. The number of carboxylic acids is 1. The van der Waals surface area contributed by atoms with Gasteiger partial charge in [0.2, 0.25) is 0 Å². The zero-order valence-corrected chi connectivity index (χ0v) is 11.5. The number of carboxylic acid groups (broad SMARTS) is 1. The molecule has 0 unspecified atom stereocenters. The first-order chi connectivity index (χ1) is 7.66. The van der Waals surface area contributed by atoms with Crippen LogP contribution in [0.4, 0.5) is 4.79 Å². The molecule has 7 heteroatoms. The molecule has 0 radical (unpaired) electrons. The maximum Gasteiger partial charge on any atom is 1.00 e. The summed E-state index contributed by atoms with van der Waals surface area (Å²) in [6, 6.07) is 0.440. The molecule has 2 rings (SSSR count).